The first kappa shape index (κ1) is 39.6. The van der Waals surface area contributed by atoms with Crippen molar-refractivity contribution in [3.05, 3.63) is 87.7 Å². The highest BCUT2D eigenvalue weighted by Crippen LogP contribution is 2.32. The molecular weight excluding hydrogens is 763 g/mol. The number of piperidine rings is 3. The lowest BCUT2D eigenvalue weighted by molar-refractivity contribution is -0.136. The molecule has 2 aromatic carbocycles. The molecule has 5 saturated heterocycles. The number of nitrogens with two attached hydrogens (primary N) is 1. The maximum atomic E-state index is 13.0. The molecule has 4 aromatic rings. The quantitative estimate of drug-likeness (QED) is 0.212. The van der Waals surface area contributed by atoms with E-state index in [-0.39, 0.29) is 42.1 Å². The molecule has 60 heavy (non-hydrogen) atoms. The maximum Gasteiger partial charge on any atom is 0.346 e. The Morgan fingerprint density at radius 1 is 0.850 bits per heavy atom. The number of benzene rings is 2. The Morgan fingerprint density at radius 2 is 1.62 bits per heavy atom. The first-order valence-electron chi connectivity index (χ1n) is 21.4. The summed E-state index contributed by atoms with van der Waals surface area (Å²) in [5.41, 5.74) is 10.5. The third-order valence-corrected chi connectivity index (χ3v) is 13.2. The van der Waals surface area contributed by atoms with Crippen molar-refractivity contribution in [2.24, 2.45) is 18.7 Å². The summed E-state index contributed by atoms with van der Waals surface area (Å²) < 4.78 is 2.64. The molecule has 16 nitrogen and oxygen atoms in total. The molecule has 0 spiro atoms. The highest BCUT2D eigenvalue weighted by molar-refractivity contribution is 5.99. The van der Waals surface area contributed by atoms with Crippen LogP contribution in [0.1, 0.15) is 90.6 Å². The molecule has 2 aromatic heterocycles. The van der Waals surface area contributed by atoms with Crippen LogP contribution in [0.5, 0.6) is 0 Å². The van der Waals surface area contributed by atoms with E-state index < -0.39 is 17.9 Å². The number of nitrogens with one attached hydrogen (secondary N) is 1. The summed E-state index contributed by atoms with van der Waals surface area (Å²) in [7, 11) is 1.65. The Balaban J connectivity index is 0.750. The van der Waals surface area contributed by atoms with Gasteiger partial charge in [-0.3, -0.25) is 29.1 Å². The van der Waals surface area contributed by atoms with Gasteiger partial charge in [-0.05, 0) is 92.9 Å². The van der Waals surface area contributed by atoms with Crippen molar-refractivity contribution < 1.29 is 19.2 Å². The van der Waals surface area contributed by atoms with Gasteiger partial charge in [-0.25, -0.2) is 19.4 Å². The topological polar surface area (TPSA) is 185 Å². The average Bonchev–Trinajstić information content (AvgIpc) is 3.81. The highest BCUT2D eigenvalue weighted by Gasteiger charge is 2.34. The molecule has 5 fully saturated rings. The third-order valence-electron chi connectivity index (χ3n) is 13.2. The van der Waals surface area contributed by atoms with Gasteiger partial charge < -0.3 is 25.3 Å². The van der Waals surface area contributed by atoms with Gasteiger partial charge in [-0.2, -0.15) is 0 Å². The molecule has 16 heteroatoms. The molecule has 0 bridgehead atoms. The first-order valence-corrected chi connectivity index (χ1v) is 21.4. The number of rotatable bonds is 11. The number of amides is 4. The maximum absolute atomic E-state index is 13.0. The van der Waals surface area contributed by atoms with Crippen LogP contribution in [0.3, 0.4) is 0 Å². The highest BCUT2D eigenvalue weighted by atomic mass is 16.2. The van der Waals surface area contributed by atoms with E-state index in [0.29, 0.717) is 36.2 Å². The summed E-state index contributed by atoms with van der Waals surface area (Å²) in [5, 5.41) is 6.80. The van der Waals surface area contributed by atoms with E-state index in [2.05, 4.69) is 66.5 Å². The minimum atomic E-state index is -0.795. The number of carbonyl (C=O) groups excluding carboxylic acids is 4. The van der Waals surface area contributed by atoms with Crippen LogP contribution < -0.4 is 26.5 Å². The number of imide groups is 1. The van der Waals surface area contributed by atoms with Crippen LogP contribution >= 0.6 is 0 Å². The first-order chi connectivity index (χ1) is 29.1. The van der Waals surface area contributed by atoms with Gasteiger partial charge in [0.1, 0.15) is 17.6 Å². The largest absolute Gasteiger partial charge is 0.371 e. The van der Waals surface area contributed by atoms with Gasteiger partial charge in [0.15, 0.2) is 5.82 Å². The lowest BCUT2D eigenvalue weighted by Gasteiger charge is -2.44. The van der Waals surface area contributed by atoms with E-state index in [0.717, 1.165) is 107 Å². The molecule has 9 rings (SSSR count). The van der Waals surface area contributed by atoms with Gasteiger partial charge in [0, 0.05) is 88.8 Å². The van der Waals surface area contributed by atoms with E-state index in [4.69, 9.17) is 10.7 Å². The van der Waals surface area contributed by atoms with E-state index in [9.17, 15) is 24.0 Å². The summed E-state index contributed by atoms with van der Waals surface area (Å²) in [5.74, 6) is 1.14. The van der Waals surface area contributed by atoms with Crippen molar-refractivity contribution in [3.63, 3.8) is 0 Å². The SMILES string of the molecule is Cn1c(-c2ccc(N3CC(CN4CCC(c5ccc(Cc6nc(N7CCC[C@H](N8CCCC8=O)C7)cnc6C(N)=O)cc5)CC4)C3)cc2)nn(C2CCC(=O)NC2=O)c1=O. The van der Waals surface area contributed by atoms with Crippen molar-refractivity contribution >= 4 is 35.1 Å². The van der Waals surface area contributed by atoms with Gasteiger partial charge in [-0.1, -0.05) is 24.3 Å². The fraction of sp³-hybridized carbons (Fsp3) is 0.500. The van der Waals surface area contributed by atoms with Crippen molar-refractivity contribution in [1.29, 1.82) is 0 Å². The summed E-state index contributed by atoms with van der Waals surface area (Å²) in [6, 6.07) is 16.1. The molecule has 0 saturated carbocycles. The van der Waals surface area contributed by atoms with Crippen LogP contribution in [0.15, 0.2) is 59.5 Å². The Hall–Kier alpha value is -5.90. The zero-order valence-corrected chi connectivity index (χ0v) is 34.2. The number of nitrogens with zero attached hydrogens (tertiary/aromatic N) is 9. The number of anilines is 2. The minimum absolute atomic E-state index is 0.177. The molecule has 5 aliphatic heterocycles. The Morgan fingerprint density at radius 3 is 2.32 bits per heavy atom. The molecule has 314 valence electrons. The van der Waals surface area contributed by atoms with E-state index in [1.165, 1.54) is 14.8 Å². The molecule has 0 aliphatic carbocycles. The zero-order chi connectivity index (χ0) is 41.5. The average molecular weight is 816 g/mol. The van der Waals surface area contributed by atoms with Crippen molar-refractivity contribution in [2.75, 3.05) is 62.2 Å². The fourth-order valence-corrected chi connectivity index (χ4v) is 9.83. The number of likely N-dealkylation sites (tertiary alicyclic amines) is 2. The lowest BCUT2D eigenvalue weighted by Crippen LogP contribution is -2.52. The number of aromatic nitrogens is 5. The number of primary amides is 1. The van der Waals surface area contributed by atoms with E-state index in [1.807, 2.05) is 17.0 Å². The predicted molar refractivity (Wildman–Crippen MR) is 224 cm³/mol. The molecule has 3 N–H and O–H groups in total. The molecule has 2 atom stereocenters. The van der Waals surface area contributed by atoms with Gasteiger partial charge >= 0.3 is 5.69 Å². The Labute approximate surface area is 348 Å². The minimum Gasteiger partial charge on any atom is -0.371 e. The van der Waals surface area contributed by atoms with Crippen LogP contribution in [0.4, 0.5) is 11.5 Å². The fourth-order valence-electron chi connectivity index (χ4n) is 9.83. The van der Waals surface area contributed by atoms with Crippen LogP contribution in [-0.4, -0.2) is 116 Å². The summed E-state index contributed by atoms with van der Waals surface area (Å²) in [6.45, 7) is 7.57. The van der Waals surface area contributed by atoms with Crippen LogP contribution in [0, 0.1) is 5.92 Å². The van der Waals surface area contributed by atoms with Crippen LogP contribution in [0.25, 0.3) is 11.4 Å². The zero-order valence-electron chi connectivity index (χ0n) is 34.2. The number of hydrogen-bond acceptors (Lipinski definition) is 11. The number of carbonyl (C=O) groups is 4. The van der Waals surface area contributed by atoms with Gasteiger partial charge in [-0.15, -0.1) is 5.10 Å². The number of hydrogen-bond donors (Lipinski definition) is 2. The van der Waals surface area contributed by atoms with Crippen molar-refractivity contribution in [2.45, 2.75) is 75.8 Å². The molecule has 1 unspecified atom stereocenters. The summed E-state index contributed by atoms with van der Waals surface area (Å²) >= 11 is 0. The van der Waals surface area contributed by atoms with E-state index in [1.54, 1.807) is 13.2 Å². The molecule has 4 amide bonds. The molecule has 0 radical (unpaired) electrons. The normalized spacial score (nSPS) is 22.0. The third kappa shape index (κ3) is 8.04. The van der Waals surface area contributed by atoms with Gasteiger partial charge in [0.05, 0.1) is 11.9 Å². The standard InChI is InChI=1S/C44H53N11O5/c1-50-42(49-55(44(50)60)36-14-15-38(56)48-43(36)59)32-10-12-33(13-11-32)53-25-29(26-53)24-51-20-16-31(17-21-51)30-8-6-28(7-9-30)22-35-40(41(45)58)46-23-37(47-35)52-18-2-4-34(27-52)54-19-3-5-39(54)57/h6-13,23,29,31,34,36H,2-5,14-22,24-27H2,1H3,(H2,45,58)(H,48,56,59)/t34-,36?/m0/s1. The van der Waals surface area contributed by atoms with Gasteiger partial charge in [0.2, 0.25) is 11.8 Å². The Bertz CT molecular complexity index is 2330. The second kappa shape index (κ2) is 16.6. The smallest absolute Gasteiger partial charge is 0.346 e. The van der Waals surface area contributed by atoms with Crippen molar-refractivity contribution in [3.8, 4) is 11.4 Å². The monoisotopic (exact) mass is 815 g/mol. The summed E-state index contributed by atoms with van der Waals surface area (Å²) in [6.07, 6.45) is 8.27. The Kier molecular flexibility index (Phi) is 11.0. The van der Waals surface area contributed by atoms with Crippen LogP contribution in [0.2, 0.25) is 0 Å². The van der Waals surface area contributed by atoms with Crippen LogP contribution in [-0.2, 0) is 27.9 Å². The molecule has 7 heterocycles. The van der Waals surface area contributed by atoms with E-state index >= 15 is 0 Å². The van der Waals surface area contributed by atoms with Crippen molar-refractivity contribution in [1.82, 2.24) is 39.4 Å². The molecule has 5 aliphatic rings. The summed E-state index contributed by atoms with van der Waals surface area (Å²) in [4.78, 5) is 80.3. The second-order valence-corrected chi connectivity index (χ2v) is 17.2. The van der Waals surface area contributed by atoms with Gasteiger partial charge in [0.25, 0.3) is 11.8 Å². The second-order valence-electron chi connectivity index (χ2n) is 17.2. The molecular formula is C44H53N11O5. The predicted octanol–water partition coefficient (Wildman–Crippen LogP) is 2.61. The lowest BCUT2D eigenvalue weighted by atomic mass is 9.88.